The van der Waals surface area contributed by atoms with Crippen molar-refractivity contribution in [3.05, 3.63) is 59.9 Å². The zero-order chi connectivity index (χ0) is 24.2. The molecule has 2 N–H and O–H groups in total. The van der Waals surface area contributed by atoms with Gasteiger partial charge in [0.25, 0.3) is 6.43 Å². The van der Waals surface area contributed by atoms with Gasteiger partial charge in [0, 0.05) is 35.8 Å². The molecular formula is C25H27F2N5O2. The molecule has 3 aromatic rings. The van der Waals surface area contributed by atoms with Crippen molar-refractivity contribution in [3.63, 3.8) is 0 Å². The van der Waals surface area contributed by atoms with Gasteiger partial charge in [-0.2, -0.15) is 0 Å². The molecule has 0 spiro atoms. The van der Waals surface area contributed by atoms with Gasteiger partial charge in [0.1, 0.15) is 11.5 Å². The number of halogens is 2. The number of hydrogen-bond donors (Lipinski definition) is 2. The van der Waals surface area contributed by atoms with Crippen LogP contribution in [0.25, 0.3) is 11.1 Å². The van der Waals surface area contributed by atoms with E-state index in [1.807, 2.05) is 25.1 Å². The molecule has 7 nitrogen and oxygen atoms in total. The third-order valence-corrected chi connectivity index (χ3v) is 6.47. The zero-order valence-corrected chi connectivity index (χ0v) is 19.1. The van der Waals surface area contributed by atoms with E-state index in [9.17, 15) is 18.7 Å². The fraction of sp³-hybridized carbons (Fsp3) is 0.400. The summed E-state index contributed by atoms with van der Waals surface area (Å²) in [6.07, 6.45) is 5.34. The Morgan fingerprint density at radius 1 is 1.06 bits per heavy atom. The Morgan fingerprint density at radius 3 is 2.41 bits per heavy atom. The first kappa shape index (κ1) is 23.7. The molecule has 0 amide bonds. The number of anilines is 2. The number of hydrogen-bond acceptors (Lipinski definition) is 6. The van der Waals surface area contributed by atoms with E-state index >= 15 is 0 Å². The number of carbonyl (C=O) groups is 1. The highest BCUT2D eigenvalue weighted by atomic mass is 19.3. The molecule has 0 saturated heterocycles. The van der Waals surface area contributed by atoms with Gasteiger partial charge in [0.15, 0.2) is 0 Å². The molecule has 0 radical (unpaired) electrons. The van der Waals surface area contributed by atoms with Crippen molar-refractivity contribution < 1.29 is 18.7 Å². The third-order valence-electron chi connectivity index (χ3n) is 6.47. The topological polar surface area (TPSA) is 101 Å². The van der Waals surface area contributed by atoms with E-state index in [1.165, 1.54) is 12.3 Å². The van der Waals surface area contributed by atoms with Crippen LogP contribution in [0.15, 0.2) is 42.9 Å². The van der Waals surface area contributed by atoms with E-state index in [4.69, 9.17) is 0 Å². The van der Waals surface area contributed by atoms with Crippen LogP contribution in [0, 0.1) is 18.8 Å². The van der Waals surface area contributed by atoms with E-state index in [0.29, 0.717) is 24.4 Å². The summed E-state index contributed by atoms with van der Waals surface area (Å²) in [4.78, 5) is 28.3. The van der Waals surface area contributed by atoms with Crippen molar-refractivity contribution in [2.45, 2.75) is 51.9 Å². The second-order valence-electron chi connectivity index (χ2n) is 8.89. The van der Waals surface area contributed by atoms with Gasteiger partial charge in [-0.05, 0) is 67.9 Å². The van der Waals surface area contributed by atoms with Gasteiger partial charge in [-0.3, -0.25) is 4.79 Å². The van der Waals surface area contributed by atoms with E-state index < -0.39 is 12.4 Å². The average Bonchev–Trinajstić information content (AvgIpc) is 2.83. The van der Waals surface area contributed by atoms with Crippen LogP contribution in [0.4, 0.5) is 20.4 Å². The standard InChI is InChI=1S/C25H27F2N5O2/c1-14-9-18(11-20(10-14)31-25-28-8-7-21(32-25)22(26)27)19-12-29-23(30-13-19)15(2)16-3-5-17(6-4-16)24(33)34/h7-13,15-17,22H,3-6H2,1-2H3,(H,33,34)(H,28,31,32)/t15-,16-,17-/m1/s1. The van der Waals surface area contributed by atoms with Gasteiger partial charge in [0.2, 0.25) is 5.95 Å². The maximum atomic E-state index is 12.9. The highest BCUT2D eigenvalue weighted by Crippen LogP contribution is 2.37. The van der Waals surface area contributed by atoms with Gasteiger partial charge in [-0.25, -0.2) is 28.7 Å². The van der Waals surface area contributed by atoms with Crippen molar-refractivity contribution in [2.75, 3.05) is 5.32 Å². The SMILES string of the molecule is Cc1cc(Nc2nccc(C(F)F)n2)cc(-c2cnc([C@H](C)[C@H]3CC[C@H](C(=O)O)CC3)nc2)c1. The number of alkyl halides is 2. The quantitative estimate of drug-likeness (QED) is 0.445. The van der Waals surface area contributed by atoms with Crippen LogP contribution < -0.4 is 5.32 Å². The lowest BCUT2D eigenvalue weighted by Crippen LogP contribution is -2.24. The van der Waals surface area contributed by atoms with Crippen LogP contribution in [0.5, 0.6) is 0 Å². The summed E-state index contributed by atoms with van der Waals surface area (Å²) in [7, 11) is 0. The van der Waals surface area contributed by atoms with Crippen LogP contribution in [-0.2, 0) is 4.79 Å². The predicted molar refractivity (Wildman–Crippen MR) is 124 cm³/mol. The number of nitrogens with one attached hydrogen (secondary N) is 1. The van der Waals surface area contributed by atoms with E-state index in [0.717, 1.165) is 35.4 Å². The summed E-state index contributed by atoms with van der Waals surface area (Å²) in [6.45, 7) is 4.04. The summed E-state index contributed by atoms with van der Waals surface area (Å²) in [5.41, 5.74) is 3.03. The summed E-state index contributed by atoms with van der Waals surface area (Å²) in [5, 5.41) is 12.2. The molecular weight excluding hydrogens is 440 g/mol. The minimum Gasteiger partial charge on any atom is -0.481 e. The normalized spacial score (nSPS) is 19.1. The van der Waals surface area contributed by atoms with Crippen LogP contribution >= 0.6 is 0 Å². The number of carboxylic acid groups (broad SMARTS) is 1. The molecule has 1 fully saturated rings. The van der Waals surface area contributed by atoms with E-state index in [-0.39, 0.29) is 23.5 Å². The van der Waals surface area contributed by atoms with Crippen molar-refractivity contribution in [1.29, 1.82) is 0 Å². The van der Waals surface area contributed by atoms with Crippen molar-refractivity contribution in [1.82, 2.24) is 19.9 Å². The highest BCUT2D eigenvalue weighted by molar-refractivity contribution is 5.70. The molecule has 1 atom stereocenters. The third kappa shape index (κ3) is 5.52. The van der Waals surface area contributed by atoms with Crippen LogP contribution in [-0.4, -0.2) is 31.0 Å². The van der Waals surface area contributed by atoms with Gasteiger partial charge in [-0.15, -0.1) is 0 Å². The number of aromatic nitrogens is 4. The maximum absolute atomic E-state index is 12.9. The lowest BCUT2D eigenvalue weighted by atomic mass is 9.76. The number of carboxylic acids is 1. The van der Waals surface area contributed by atoms with Crippen molar-refractivity contribution in [2.24, 2.45) is 11.8 Å². The lowest BCUT2D eigenvalue weighted by Gasteiger charge is -2.29. The molecule has 0 unspecified atom stereocenters. The Bertz CT molecular complexity index is 1150. The Hall–Kier alpha value is -3.49. The first-order valence-electron chi connectivity index (χ1n) is 11.3. The average molecular weight is 468 g/mol. The lowest BCUT2D eigenvalue weighted by molar-refractivity contribution is -0.143. The first-order valence-corrected chi connectivity index (χ1v) is 11.3. The second-order valence-corrected chi connectivity index (χ2v) is 8.89. The van der Waals surface area contributed by atoms with Gasteiger partial charge >= 0.3 is 5.97 Å². The molecule has 1 saturated carbocycles. The fourth-order valence-electron chi connectivity index (χ4n) is 4.50. The van der Waals surface area contributed by atoms with E-state index in [2.05, 4.69) is 32.2 Å². The molecule has 4 rings (SSSR count). The Balaban J connectivity index is 1.48. The molecule has 178 valence electrons. The highest BCUT2D eigenvalue weighted by Gasteiger charge is 2.30. The van der Waals surface area contributed by atoms with Crippen molar-refractivity contribution >= 4 is 17.6 Å². The summed E-state index contributed by atoms with van der Waals surface area (Å²) < 4.78 is 25.9. The van der Waals surface area contributed by atoms with Gasteiger partial charge < -0.3 is 10.4 Å². The Kier molecular flexibility index (Phi) is 7.09. The second kappa shape index (κ2) is 10.2. The van der Waals surface area contributed by atoms with Crippen LogP contribution in [0.1, 0.15) is 62.0 Å². The number of benzene rings is 1. The number of aliphatic carboxylic acids is 1. The summed E-state index contributed by atoms with van der Waals surface area (Å²) >= 11 is 0. The number of rotatable bonds is 7. The number of aryl methyl sites for hydroxylation is 1. The number of nitrogens with zero attached hydrogens (tertiary/aromatic N) is 4. The Labute approximate surface area is 196 Å². The van der Waals surface area contributed by atoms with Crippen molar-refractivity contribution in [3.8, 4) is 11.1 Å². The first-order chi connectivity index (χ1) is 16.3. The van der Waals surface area contributed by atoms with Gasteiger partial charge in [-0.1, -0.05) is 13.0 Å². The predicted octanol–water partition coefficient (Wildman–Crippen LogP) is 5.92. The minimum absolute atomic E-state index is 0.104. The summed E-state index contributed by atoms with van der Waals surface area (Å²) in [5.74, 6) is 0.447. The van der Waals surface area contributed by atoms with Crippen LogP contribution in [0.3, 0.4) is 0 Å². The Morgan fingerprint density at radius 2 is 1.76 bits per heavy atom. The zero-order valence-electron chi connectivity index (χ0n) is 19.1. The smallest absolute Gasteiger partial charge is 0.306 e. The van der Waals surface area contributed by atoms with Gasteiger partial charge in [0.05, 0.1) is 5.92 Å². The minimum atomic E-state index is -2.66. The fourth-order valence-corrected chi connectivity index (χ4v) is 4.50. The summed E-state index contributed by atoms with van der Waals surface area (Å²) in [6, 6.07) is 6.94. The molecule has 1 aromatic carbocycles. The molecule has 9 heteroatoms. The molecule has 0 aliphatic heterocycles. The molecule has 34 heavy (non-hydrogen) atoms. The monoisotopic (exact) mass is 467 g/mol. The van der Waals surface area contributed by atoms with Crippen LogP contribution in [0.2, 0.25) is 0 Å². The molecule has 0 bridgehead atoms. The molecule has 1 aliphatic carbocycles. The molecule has 2 aromatic heterocycles. The van der Waals surface area contributed by atoms with E-state index in [1.54, 1.807) is 12.4 Å². The maximum Gasteiger partial charge on any atom is 0.306 e. The largest absolute Gasteiger partial charge is 0.481 e. The molecule has 1 aliphatic rings. The molecule has 2 heterocycles.